The van der Waals surface area contributed by atoms with Crippen LogP contribution in [0.2, 0.25) is 0 Å². The second-order valence-corrected chi connectivity index (χ2v) is 7.00. The fourth-order valence-corrected chi connectivity index (χ4v) is 3.50. The topological polar surface area (TPSA) is 58.6 Å². The number of halogens is 3. The largest absolute Gasteiger partial charge is 0.465 e. The monoisotopic (exact) mass is 406 g/mol. The van der Waals surface area contributed by atoms with Crippen molar-refractivity contribution >= 4 is 17.6 Å². The summed E-state index contributed by atoms with van der Waals surface area (Å²) in [5.74, 6) is -0.923. The van der Waals surface area contributed by atoms with Crippen molar-refractivity contribution in [2.24, 2.45) is 0 Å². The van der Waals surface area contributed by atoms with Gasteiger partial charge >= 0.3 is 12.1 Å². The summed E-state index contributed by atoms with van der Waals surface area (Å²) in [5, 5.41) is 2.85. The molecule has 2 aromatic carbocycles. The molecule has 3 rings (SSSR count). The highest BCUT2D eigenvalue weighted by Crippen LogP contribution is 2.37. The van der Waals surface area contributed by atoms with E-state index in [0.29, 0.717) is 18.5 Å². The van der Waals surface area contributed by atoms with Gasteiger partial charge in [0.05, 0.1) is 18.2 Å². The molecule has 29 heavy (non-hydrogen) atoms. The van der Waals surface area contributed by atoms with E-state index in [1.165, 1.54) is 25.3 Å². The number of hydrogen-bond donors (Lipinski definition) is 1. The molecule has 0 bridgehead atoms. The van der Waals surface area contributed by atoms with Crippen LogP contribution in [0.3, 0.4) is 0 Å². The van der Waals surface area contributed by atoms with Gasteiger partial charge in [0.1, 0.15) is 0 Å². The Balaban J connectivity index is 1.72. The number of nitrogens with one attached hydrogen (secondary N) is 1. The van der Waals surface area contributed by atoms with Crippen LogP contribution in [0.25, 0.3) is 0 Å². The number of rotatable bonds is 4. The summed E-state index contributed by atoms with van der Waals surface area (Å²) in [6.07, 6.45) is -3.92. The molecule has 0 saturated carbocycles. The number of hydrogen-bond acceptors (Lipinski definition) is 4. The lowest BCUT2D eigenvalue weighted by molar-refractivity contribution is -0.137. The summed E-state index contributed by atoms with van der Waals surface area (Å²) >= 11 is 0. The lowest BCUT2D eigenvalue weighted by atomic mass is 10.1. The summed E-state index contributed by atoms with van der Waals surface area (Å²) in [5.41, 5.74) is 0.725. The van der Waals surface area contributed by atoms with Crippen molar-refractivity contribution in [2.75, 3.05) is 25.1 Å². The molecule has 1 amide bonds. The lowest BCUT2D eigenvalue weighted by Gasteiger charge is -2.23. The number of para-hydroxylation sites is 1. The summed E-state index contributed by atoms with van der Waals surface area (Å²) in [6, 6.07) is 9.83. The summed E-state index contributed by atoms with van der Waals surface area (Å²) in [7, 11) is 1.26. The molecule has 1 unspecified atom stereocenters. The van der Waals surface area contributed by atoms with Gasteiger partial charge in [0.15, 0.2) is 0 Å². The van der Waals surface area contributed by atoms with Crippen LogP contribution in [-0.2, 0) is 10.9 Å². The average Bonchev–Trinajstić information content (AvgIpc) is 3.14. The summed E-state index contributed by atoms with van der Waals surface area (Å²) < 4.78 is 44.5. The second-order valence-electron chi connectivity index (χ2n) is 7.00. The van der Waals surface area contributed by atoms with Gasteiger partial charge < -0.3 is 15.0 Å². The Morgan fingerprint density at radius 2 is 1.83 bits per heavy atom. The molecule has 154 valence electrons. The molecule has 1 N–H and O–H groups in total. The number of carbonyl (C=O) groups is 2. The van der Waals surface area contributed by atoms with Gasteiger partial charge in [0.25, 0.3) is 5.91 Å². The molecular weight excluding hydrogens is 385 g/mol. The molecule has 0 spiro atoms. The maximum atomic E-state index is 13.3. The van der Waals surface area contributed by atoms with Crippen LogP contribution in [0.5, 0.6) is 0 Å². The van der Waals surface area contributed by atoms with Crippen LogP contribution in [0.15, 0.2) is 42.5 Å². The van der Waals surface area contributed by atoms with Gasteiger partial charge in [-0.05, 0) is 49.2 Å². The van der Waals surface area contributed by atoms with E-state index in [0.717, 1.165) is 11.6 Å². The fourth-order valence-electron chi connectivity index (χ4n) is 3.50. The van der Waals surface area contributed by atoms with Crippen molar-refractivity contribution in [1.29, 1.82) is 0 Å². The number of alkyl halides is 3. The first-order chi connectivity index (χ1) is 13.7. The molecule has 0 aliphatic carbocycles. The Labute approximate surface area is 166 Å². The van der Waals surface area contributed by atoms with Crippen LogP contribution >= 0.6 is 0 Å². The zero-order valence-corrected chi connectivity index (χ0v) is 16.0. The number of nitrogens with zero attached hydrogens (tertiary/aromatic N) is 1. The molecule has 8 heteroatoms. The van der Waals surface area contributed by atoms with Gasteiger partial charge in [-0.1, -0.05) is 12.1 Å². The van der Waals surface area contributed by atoms with E-state index in [-0.39, 0.29) is 29.7 Å². The molecular formula is C21H21F3N2O3. The number of aryl methyl sites for hydroxylation is 1. The molecule has 1 aliphatic rings. The third kappa shape index (κ3) is 4.70. The third-order valence-electron chi connectivity index (χ3n) is 4.83. The number of amides is 1. The van der Waals surface area contributed by atoms with Crippen molar-refractivity contribution in [1.82, 2.24) is 5.32 Å². The Morgan fingerprint density at radius 1 is 1.14 bits per heavy atom. The Morgan fingerprint density at radius 3 is 2.52 bits per heavy atom. The van der Waals surface area contributed by atoms with Gasteiger partial charge in [0.2, 0.25) is 0 Å². The van der Waals surface area contributed by atoms with E-state index in [1.807, 2.05) is 0 Å². The average molecular weight is 406 g/mol. The van der Waals surface area contributed by atoms with Gasteiger partial charge in [-0.3, -0.25) is 4.79 Å². The molecule has 0 aromatic heterocycles. The van der Waals surface area contributed by atoms with E-state index in [9.17, 15) is 22.8 Å². The highest BCUT2D eigenvalue weighted by Gasteiger charge is 2.36. The first-order valence-corrected chi connectivity index (χ1v) is 9.11. The van der Waals surface area contributed by atoms with Gasteiger partial charge in [0, 0.05) is 30.4 Å². The molecule has 1 heterocycles. The highest BCUT2D eigenvalue weighted by atomic mass is 19.4. The smallest absolute Gasteiger partial charge is 0.418 e. The standard InChI is InChI=1S/C21H21F3N2O3/c1-13-9-14(11-15(10-13)20(28)29-2)19(27)25-16-7-8-26(12-16)18-6-4-3-5-17(18)21(22,23)24/h3-6,9-11,16H,7-8,12H2,1-2H3,(H,25,27). The second kappa shape index (κ2) is 8.14. The molecule has 0 radical (unpaired) electrons. The highest BCUT2D eigenvalue weighted by molar-refractivity contribution is 5.98. The van der Waals surface area contributed by atoms with Crippen LogP contribution in [0.4, 0.5) is 18.9 Å². The predicted molar refractivity (Wildman–Crippen MR) is 102 cm³/mol. The molecule has 5 nitrogen and oxygen atoms in total. The molecule has 2 aromatic rings. The minimum absolute atomic E-state index is 0.111. The Kier molecular flexibility index (Phi) is 5.81. The first-order valence-electron chi connectivity index (χ1n) is 9.11. The van der Waals surface area contributed by atoms with Gasteiger partial charge in [-0.25, -0.2) is 4.79 Å². The van der Waals surface area contributed by atoms with E-state index >= 15 is 0 Å². The van der Waals surface area contributed by atoms with E-state index < -0.39 is 17.7 Å². The van der Waals surface area contributed by atoms with Crippen LogP contribution in [0, 0.1) is 6.92 Å². The summed E-state index contributed by atoms with van der Waals surface area (Å²) in [4.78, 5) is 26.0. The predicted octanol–water partition coefficient (Wildman–Crippen LogP) is 3.81. The van der Waals surface area contributed by atoms with Crippen LogP contribution in [-0.4, -0.2) is 38.1 Å². The van der Waals surface area contributed by atoms with Gasteiger partial charge in [-0.15, -0.1) is 0 Å². The molecule has 1 aliphatic heterocycles. The van der Waals surface area contributed by atoms with Crippen molar-refractivity contribution < 1.29 is 27.5 Å². The minimum Gasteiger partial charge on any atom is -0.465 e. The van der Waals surface area contributed by atoms with Crippen LogP contribution in [0.1, 0.15) is 38.3 Å². The minimum atomic E-state index is -4.44. The number of anilines is 1. The number of esters is 1. The van der Waals surface area contributed by atoms with Crippen molar-refractivity contribution in [3.63, 3.8) is 0 Å². The zero-order valence-electron chi connectivity index (χ0n) is 16.0. The SMILES string of the molecule is COC(=O)c1cc(C)cc(C(=O)NC2CCN(c3ccccc3C(F)(F)F)C2)c1. The number of carbonyl (C=O) groups excluding carboxylic acids is 2. The molecule has 1 saturated heterocycles. The third-order valence-corrected chi connectivity index (χ3v) is 4.83. The van der Waals surface area contributed by atoms with Gasteiger partial charge in [-0.2, -0.15) is 13.2 Å². The van der Waals surface area contributed by atoms with Crippen molar-refractivity contribution in [3.8, 4) is 0 Å². The first kappa shape index (κ1) is 20.7. The number of benzene rings is 2. The molecule has 1 fully saturated rings. The van der Waals surface area contributed by atoms with E-state index in [1.54, 1.807) is 30.0 Å². The zero-order chi connectivity index (χ0) is 21.2. The van der Waals surface area contributed by atoms with Crippen LogP contribution < -0.4 is 10.2 Å². The Bertz CT molecular complexity index is 928. The molecule has 1 atom stereocenters. The van der Waals surface area contributed by atoms with Crippen molar-refractivity contribution in [3.05, 3.63) is 64.7 Å². The maximum Gasteiger partial charge on any atom is 0.418 e. The number of methoxy groups -OCH3 is 1. The van der Waals surface area contributed by atoms with E-state index in [4.69, 9.17) is 4.74 Å². The van der Waals surface area contributed by atoms with E-state index in [2.05, 4.69) is 5.32 Å². The lowest BCUT2D eigenvalue weighted by Crippen LogP contribution is -2.37. The fraction of sp³-hybridized carbons (Fsp3) is 0.333. The quantitative estimate of drug-likeness (QED) is 0.785. The maximum absolute atomic E-state index is 13.3. The summed E-state index contributed by atoms with van der Waals surface area (Å²) in [6.45, 7) is 2.43. The Hall–Kier alpha value is -3.03. The van der Waals surface area contributed by atoms with Crippen molar-refractivity contribution in [2.45, 2.75) is 25.6 Å². The number of ether oxygens (including phenoxy) is 1. The normalized spacial score (nSPS) is 16.6.